The predicted octanol–water partition coefficient (Wildman–Crippen LogP) is 4.99. The fourth-order valence-electron chi connectivity index (χ4n) is 8.09. The van der Waals surface area contributed by atoms with Gasteiger partial charge in [0.25, 0.3) is 0 Å². The lowest BCUT2D eigenvalue weighted by atomic mass is 9.85. The van der Waals surface area contributed by atoms with Gasteiger partial charge >= 0.3 is 0 Å². The highest BCUT2D eigenvalue weighted by atomic mass is 35.5. The third kappa shape index (κ3) is 7.33. The molecule has 0 bridgehead atoms. The quantitative estimate of drug-likeness (QED) is 0.299. The lowest BCUT2D eigenvalue weighted by Crippen LogP contribution is -2.59. The van der Waals surface area contributed by atoms with Gasteiger partial charge < -0.3 is 20.4 Å². The van der Waals surface area contributed by atoms with E-state index in [2.05, 4.69) is 15.8 Å². The Bertz CT molecular complexity index is 1490. The van der Waals surface area contributed by atoms with Crippen LogP contribution in [0.4, 0.5) is 0 Å². The molecule has 3 saturated carbocycles. The van der Waals surface area contributed by atoms with E-state index in [1.54, 1.807) is 12.1 Å². The zero-order valence-corrected chi connectivity index (χ0v) is 29.3. The third-order valence-corrected chi connectivity index (χ3v) is 11.2. The molecule has 48 heavy (non-hydrogen) atoms. The molecule has 1 aromatic carbocycles. The highest BCUT2D eigenvalue weighted by molar-refractivity contribution is 6.39. The van der Waals surface area contributed by atoms with Crippen molar-refractivity contribution in [3.63, 3.8) is 0 Å². The summed E-state index contributed by atoms with van der Waals surface area (Å²) in [5.74, 6) is -1.09. The Kier molecular flexibility index (Phi) is 9.77. The van der Waals surface area contributed by atoms with E-state index in [1.165, 1.54) is 4.90 Å². The molecule has 3 amide bonds. The first-order valence-electron chi connectivity index (χ1n) is 17.8. The zero-order chi connectivity index (χ0) is 34.4. The summed E-state index contributed by atoms with van der Waals surface area (Å²) in [5, 5.41) is 10.9. The molecular weight excluding hydrogens is 632 g/mol. The second-order valence-corrected chi connectivity index (χ2v) is 16.4. The third-order valence-electron chi connectivity index (χ3n) is 11.0. The molecule has 6 rings (SSSR count). The Balaban J connectivity index is 1.24. The lowest BCUT2D eigenvalue weighted by molar-refractivity contribution is -0.145. The van der Waals surface area contributed by atoms with E-state index < -0.39 is 46.6 Å². The number of rotatable bonds is 12. The largest absolute Gasteiger partial charge is 0.387 e. The number of ketones is 2. The molecule has 2 aliphatic heterocycles. The molecule has 3 unspecified atom stereocenters. The van der Waals surface area contributed by atoms with E-state index in [-0.39, 0.29) is 43.0 Å². The molecule has 4 fully saturated rings. The smallest absolute Gasteiger partial charge is 0.246 e. The highest BCUT2D eigenvalue weighted by Gasteiger charge is 2.58. The van der Waals surface area contributed by atoms with Crippen molar-refractivity contribution in [3.05, 3.63) is 34.9 Å². The summed E-state index contributed by atoms with van der Waals surface area (Å²) in [6, 6.07) is 4.42. The van der Waals surface area contributed by atoms with E-state index in [0.717, 1.165) is 44.1 Å². The van der Waals surface area contributed by atoms with Crippen molar-refractivity contribution < 1.29 is 28.8 Å². The van der Waals surface area contributed by atoms with Crippen molar-refractivity contribution >= 4 is 46.6 Å². The maximum absolute atomic E-state index is 14.6. The molecule has 2 heterocycles. The number of hydrogen-bond donors (Lipinski definition) is 2. The van der Waals surface area contributed by atoms with Crippen LogP contribution in [0.1, 0.15) is 104 Å². The van der Waals surface area contributed by atoms with Crippen molar-refractivity contribution in [2.45, 2.75) is 122 Å². The molecule has 1 spiro atoms. The normalized spacial score (nSPS) is 28.9. The number of nitrogens with one attached hydrogen (secondary N) is 2. The number of amides is 3. The van der Waals surface area contributed by atoms with Gasteiger partial charge in [-0.05, 0) is 67.4 Å². The summed E-state index contributed by atoms with van der Waals surface area (Å²) in [6.07, 6.45) is 7.82. The predicted molar refractivity (Wildman–Crippen MR) is 181 cm³/mol. The van der Waals surface area contributed by atoms with Crippen molar-refractivity contribution in [1.82, 2.24) is 15.5 Å². The number of carbonyl (C=O) groups is 5. The van der Waals surface area contributed by atoms with E-state index in [1.807, 2.05) is 39.8 Å². The number of Topliss-reactive ketones (excluding diaryl/α,β-unsaturated/α-hetero) is 2. The average Bonchev–Trinajstić information content (AvgIpc) is 3.93. The molecule has 11 heteroatoms. The molecule has 1 aromatic rings. The Labute approximate surface area is 288 Å². The summed E-state index contributed by atoms with van der Waals surface area (Å²) in [7, 11) is 0. The van der Waals surface area contributed by atoms with Crippen LogP contribution in [0, 0.1) is 29.1 Å². The van der Waals surface area contributed by atoms with Crippen LogP contribution in [0.2, 0.25) is 5.02 Å². The van der Waals surface area contributed by atoms with E-state index in [9.17, 15) is 24.0 Å². The van der Waals surface area contributed by atoms with Gasteiger partial charge in [-0.25, -0.2) is 0 Å². The number of halogens is 1. The van der Waals surface area contributed by atoms with Crippen LogP contribution in [0.25, 0.3) is 0 Å². The van der Waals surface area contributed by atoms with Gasteiger partial charge in [-0.3, -0.25) is 24.0 Å². The van der Waals surface area contributed by atoms with Gasteiger partial charge in [-0.15, -0.1) is 0 Å². The summed E-state index contributed by atoms with van der Waals surface area (Å²) in [6.45, 7) is 7.69. The molecule has 260 valence electrons. The van der Waals surface area contributed by atoms with Crippen LogP contribution in [0.5, 0.6) is 0 Å². The summed E-state index contributed by atoms with van der Waals surface area (Å²) < 4.78 is 0. The standard InChI is InChI=1S/C37H49ClN4O6/c1-5-9-26(31(44)29(43)16-21-14-15-21)39-33(45)28-19-37(18-27(41-48-37)22-10-8-11-23(38)17-22)20-42(28)35(47)32(36(2,3)4)40-34(46)30-24-12-6-7-13-25(24)30/h8,10-11,17,21,24-26,28,30,32H,5-7,9,12-16,18-20H2,1-4H3,(H,39,45)(H,40,46)/t24?,25?,26-,28?,30?,32+,37+/m0/s1. The van der Waals surface area contributed by atoms with Gasteiger partial charge in [0.05, 0.1) is 18.3 Å². The number of likely N-dealkylation sites (tertiary alicyclic amines) is 1. The number of hydrogen-bond acceptors (Lipinski definition) is 7. The number of oxime groups is 1. The van der Waals surface area contributed by atoms with Crippen molar-refractivity contribution in [2.75, 3.05) is 6.54 Å². The number of nitrogens with zero attached hydrogens (tertiary/aromatic N) is 2. The first kappa shape index (κ1) is 34.6. The number of fused-ring (bicyclic) bond motifs is 1. The van der Waals surface area contributed by atoms with Crippen LogP contribution in [-0.4, -0.2) is 70.2 Å². The molecule has 3 aliphatic carbocycles. The SMILES string of the molecule is CCC[C@H](NC(=O)C1C[C@]2(CC(c3cccc(Cl)c3)=NO2)CN1C(=O)[C@@H](NC(=O)C1C2CCCCC21)C(C)(C)C)C(=O)C(=O)CC1CC1. The number of carbonyl (C=O) groups excluding carboxylic acids is 5. The minimum atomic E-state index is -0.998. The van der Waals surface area contributed by atoms with Crippen molar-refractivity contribution in [3.8, 4) is 0 Å². The van der Waals surface area contributed by atoms with Gasteiger partial charge in [0.15, 0.2) is 5.60 Å². The van der Waals surface area contributed by atoms with Gasteiger partial charge in [-0.2, -0.15) is 0 Å². The number of benzene rings is 1. The Morgan fingerprint density at radius 1 is 1.04 bits per heavy atom. The zero-order valence-electron chi connectivity index (χ0n) is 28.6. The maximum atomic E-state index is 14.6. The van der Waals surface area contributed by atoms with Gasteiger partial charge in [0.2, 0.25) is 29.3 Å². The molecular formula is C37H49ClN4O6. The fourth-order valence-corrected chi connectivity index (χ4v) is 8.28. The van der Waals surface area contributed by atoms with Crippen molar-refractivity contribution in [1.29, 1.82) is 0 Å². The second-order valence-electron chi connectivity index (χ2n) is 15.9. The molecule has 0 aromatic heterocycles. The van der Waals surface area contributed by atoms with E-state index >= 15 is 0 Å². The highest BCUT2D eigenvalue weighted by Crippen LogP contribution is 2.55. The van der Waals surface area contributed by atoms with Gasteiger partial charge in [-0.1, -0.05) is 75.8 Å². The summed E-state index contributed by atoms with van der Waals surface area (Å²) >= 11 is 6.25. The molecule has 6 atom stereocenters. The molecule has 0 radical (unpaired) electrons. The fraction of sp³-hybridized carbons (Fsp3) is 0.676. The Morgan fingerprint density at radius 2 is 1.75 bits per heavy atom. The lowest BCUT2D eigenvalue weighted by Gasteiger charge is -2.35. The van der Waals surface area contributed by atoms with E-state index in [4.69, 9.17) is 16.4 Å². The van der Waals surface area contributed by atoms with Gasteiger partial charge in [0, 0.05) is 35.8 Å². The monoisotopic (exact) mass is 680 g/mol. The summed E-state index contributed by atoms with van der Waals surface area (Å²) in [5.41, 5.74) is -0.191. The topological polar surface area (TPSA) is 134 Å². The average molecular weight is 681 g/mol. The minimum absolute atomic E-state index is 0.0710. The molecule has 10 nitrogen and oxygen atoms in total. The first-order valence-corrected chi connectivity index (χ1v) is 18.2. The molecule has 1 saturated heterocycles. The van der Waals surface area contributed by atoms with Crippen LogP contribution in [-0.2, 0) is 28.8 Å². The molecule has 2 N–H and O–H groups in total. The maximum Gasteiger partial charge on any atom is 0.246 e. The summed E-state index contributed by atoms with van der Waals surface area (Å²) in [4.78, 5) is 76.0. The Morgan fingerprint density at radius 3 is 2.38 bits per heavy atom. The Hall–Kier alpha value is -3.27. The van der Waals surface area contributed by atoms with Crippen LogP contribution >= 0.6 is 11.6 Å². The van der Waals surface area contributed by atoms with Crippen LogP contribution < -0.4 is 10.6 Å². The van der Waals surface area contributed by atoms with Crippen LogP contribution in [0.3, 0.4) is 0 Å². The second kappa shape index (κ2) is 13.6. The minimum Gasteiger partial charge on any atom is -0.387 e. The van der Waals surface area contributed by atoms with Crippen LogP contribution in [0.15, 0.2) is 29.4 Å². The first-order chi connectivity index (χ1) is 22.8. The molecule has 5 aliphatic rings. The van der Waals surface area contributed by atoms with E-state index in [0.29, 0.717) is 41.8 Å². The van der Waals surface area contributed by atoms with Gasteiger partial charge in [0.1, 0.15) is 12.1 Å². The van der Waals surface area contributed by atoms with Crippen molar-refractivity contribution in [2.24, 2.45) is 34.2 Å².